The van der Waals surface area contributed by atoms with Crippen LogP contribution in [0.3, 0.4) is 0 Å². The maximum atomic E-state index is 14.6. The number of rotatable bonds is 15. The van der Waals surface area contributed by atoms with Gasteiger partial charge in [-0.3, -0.25) is 24.0 Å². The van der Waals surface area contributed by atoms with E-state index in [-0.39, 0.29) is 23.7 Å². The van der Waals surface area contributed by atoms with E-state index in [1.807, 2.05) is 19.1 Å². The molecule has 14 nitrogen and oxygen atoms in total. The van der Waals surface area contributed by atoms with Crippen molar-refractivity contribution in [2.45, 2.75) is 160 Å². The van der Waals surface area contributed by atoms with Gasteiger partial charge in [-0.05, 0) is 161 Å². The summed E-state index contributed by atoms with van der Waals surface area (Å²) < 4.78 is 13.0. The molecule has 7 N–H and O–H groups in total. The Kier molecular flexibility index (Phi) is 16.1. The average Bonchev–Trinajstić information content (AvgIpc) is 3.69. The van der Waals surface area contributed by atoms with E-state index in [4.69, 9.17) is 15.0 Å². The molecule has 9 atom stereocenters. The van der Waals surface area contributed by atoms with Crippen LogP contribution in [0.4, 0.5) is 0 Å². The summed E-state index contributed by atoms with van der Waals surface area (Å²) >= 11 is 0. The van der Waals surface area contributed by atoms with Crippen molar-refractivity contribution in [2.24, 2.45) is 23.0 Å². The van der Waals surface area contributed by atoms with Gasteiger partial charge in [0.05, 0.1) is 17.6 Å². The Bertz CT molecular complexity index is 2290. The summed E-state index contributed by atoms with van der Waals surface area (Å²) in [5.74, 6) is -2.11. The number of hydrogen-bond acceptors (Lipinski definition) is 9. The molecule has 0 radical (unpaired) electrons. The lowest BCUT2D eigenvalue weighted by Crippen LogP contribution is -2.65. The molecule has 3 aliphatic carbocycles. The Labute approximate surface area is 402 Å². The SMILES string of the molecule is CCCCc1ccc(-c2ccc(C(=O)N[C@@H](CCCCN)C(=O)N(C)[C@@H]3C(=O)N[C@@H](C)C(=O)N[C@H](C(=O)N[C@@H](C)B4O[C@@H]5C[C@@H]6C[C@@H](C6(C)C)[C@]5(C)O4)CCCCc4cc3ccc4O)cc2)cc1. The Balaban J connectivity index is 1.05. The second-order valence-corrected chi connectivity index (χ2v) is 20.6. The van der Waals surface area contributed by atoms with Gasteiger partial charge in [-0.1, -0.05) is 76.1 Å². The fourth-order valence-electron chi connectivity index (χ4n) is 11.0. The molecule has 1 saturated heterocycles. The van der Waals surface area contributed by atoms with Crippen molar-refractivity contribution in [3.63, 3.8) is 0 Å². The number of nitrogens with two attached hydrogens (primary N) is 1. The van der Waals surface area contributed by atoms with E-state index in [2.05, 4.69) is 73.2 Å². The Morgan fingerprint density at radius 2 is 1.63 bits per heavy atom. The predicted octanol–water partition coefficient (Wildman–Crippen LogP) is 6.32. The molecule has 15 heteroatoms. The smallest absolute Gasteiger partial charge is 0.481 e. The van der Waals surface area contributed by atoms with E-state index in [1.165, 1.54) is 30.5 Å². The van der Waals surface area contributed by atoms with Gasteiger partial charge in [0.2, 0.25) is 23.6 Å². The van der Waals surface area contributed by atoms with Crippen LogP contribution in [0.15, 0.2) is 66.7 Å². The van der Waals surface area contributed by atoms with Gasteiger partial charge in [0.15, 0.2) is 0 Å². The Morgan fingerprint density at radius 3 is 2.31 bits per heavy atom. The molecule has 4 bridgehead atoms. The number of fused-ring (bicyclic) bond motifs is 2. The lowest BCUT2D eigenvalue weighted by molar-refractivity contribution is -0.199. The van der Waals surface area contributed by atoms with Crippen LogP contribution >= 0.6 is 0 Å². The number of aryl methyl sites for hydroxylation is 2. The van der Waals surface area contributed by atoms with Gasteiger partial charge < -0.3 is 46.3 Å². The first-order chi connectivity index (χ1) is 32.4. The molecule has 3 aromatic rings. The summed E-state index contributed by atoms with van der Waals surface area (Å²) in [6, 6.07) is 16.1. The second kappa shape index (κ2) is 21.6. The minimum absolute atomic E-state index is 0.0347. The van der Waals surface area contributed by atoms with Crippen molar-refractivity contribution in [1.29, 1.82) is 0 Å². The number of likely N-dealkylation sites (N-methyl/N-ethyl adjacent to an activating group) is 1. The monoisotopic (exact) mass is 933 g/mol. The number of hydrogen-bond donors (Lipinski definition) is 6. The molecule has 5 aliphatic rings. The molecular formula is C53H73BN6O8. The number of aromatic hydroxyl groups is 1. The van der Waals surface area contributed by atoms with Crippen molar-refractivity contribution >= 4 is 36.7 Å². The van der Waals surface area contributed by atoms with Gasteiger partial charge in [-0.15, -0.1) is 0 Å². The normalized spacial score (nSPS) is 26.4. The minimum Gasteiger partial charge on any atom is -0.508 e. The zero-order valence-electron chi connectivity index (χ0n) is 41.1. The van der Waals surface area contributed by atoms with Crippen molar-refractivity contribution in [2.75, 3.05) is 13.6 Å². The van der Waals surface area contributed by atoms with E-state index < -0.39 is 72.4 Å². The summed E-state index contributed by atoms with van der Waals surface area (Å²) in [7, 11) is 0.850. The first kappa shape index (κ1) is 50.6. The first-order valence-electron chi connectivity index (χ1n) is 25.0. The zero-order chi connectivity index (χ0) is 48.9. The van der Waals surface area contributed by atoms with Gasteiger partial charge in [0.25, 0.3) is 5.91 Å². The number of phenols is 1. The summed E-state index contributed by atoms with van der Waals surface area (Å²) in [5.41, 5.74) is 10.2. The topological polar surface area (TPSA) is 201 Å². The number of amides is 5. The van der Waals surface area contributed by atoms with Gasteiger partial charge in [-0.25, -0.2) is 0 Å². The molecule has 0 spiro atoms. The molecule has 0 aromatic heterocycles. The molecule has 3 saturated carbocycles. The van der Waals surface area contributed by atoms with Crippen LogP contribution in [-0.4, -0.2) is 96.0 Å². The maximum Gasteiger partial charge on any atom is 0.481 e. The summed E-state index contributed by atoms with van der Waals surface area (Å²) in [5, 5.41) is 22.6. The van der Waals surface area contributed by atoms with Crippen LogP contribution in [0.25, 0.3) is 11.1 Å². The number of nitrogens with one attached hydrogen (secondary N) is 4. The number of phenolic OH excluding ortho intramolecular Hbond substituents is 1. The van der Waals surface area contributed by atoms with Crippen LogP contribution in [0.1, 0.15) is 139 Å². The number of carbonyl (C=O) groups excluding carboxylic acids is 5. The first-order valence-corrected chi connectivity index (χ1v) is 25.0. The molecule has 68 heavy (non-hydrogen) atoms. The number of benzene rings is 3. The average molecular weight is 933 g/mol. The molecule has 3 aromatic carbocycles. The van der Waals surface area contributed by atoms with E-state index in [9.17, 15) is 29.1 Å². The largest absolute Gasteiger partial charge is 0.508 e. The van der Waals surface area contributed by atoms with Gasteiger partial charge in [-0.2, -0.15) is 0 Å². The molecule has 4 fully saturated rings. The number of carbonyl (C=O) groups is 5. The van der Waals surface area contributed by atoms with Crippen molar-refractivity contribution < 1.29 is 38.4 Å². The second-order valence-electron chi connectivity index (χ2n) is 20.6. The van der Waals surface area contributed by atoms with E-state index in [0.29, 0.717) is 73.6 Å². The highest BCUT2D eigenvalue weighted by Gasteiger charge is 2.68. The third-order valence-corrected chi connectivity index (χ3v) is 15.5. The number of unbranched alkanes of at least 4 members (excludes halogenated alkanes) is 2. The Morgan fingerprint density at radius 1 is 0.926 bits per heavy atom. The highest BCUT2D eigenvalue weighted by molar-refractivity contribution is 6.47. The van der Waals surface area contributed by atoms with E-state index in [1.54, 1.807) is 24.3 Å². The molecule has 8 rings (SSSR count). The molecule has 2 heterocycles. The quantitative estimate of drug-likeness (QED) is 0.0746. The lowest BCUT2D eigenvalue weighted by Gasteiger charge is -2.64. The fourth-order valence-corrected chi connectivity index (χ4v) is 11.0. The summed E-state index contributed by atoms with van der Waals surface area (Å²) in [6.45, 7) is 12.7. The van der Waals surface area contributed by atoms with Gasteiger partial charge in [0.1, 0.15) is 29.9 Å². The molecule has 2 aliphatic heterocycles. The van der Waals surface area contributed by atoms with Crippen molar-refractivity contribution in [3.8, 4) is 16.9 Å². The van der Waals surface area contributed by atoms with Crippen LogP contribution in [0.2, 0.25) is 0 Å². The van der Waals surface area contributed by atoms with Gasteiger partial charge >= 0.3 is 7.12 Å². The van der Waals surface area contributed by atoms with Crippen LogP contribution in [0.5, 0.6) is 5.75 Å². The third-order valence-electron chi connectivity index (χ3n) is 15.5. The van der Waals surface area contributed by atoms with Crippen LogP contribution < -0.4 is 27.0 Å². The Hall–Kier alpha value is -5.25. The lowest BCUT2D eigenvalue weighted by atomic mass is 9.43. The highest BCUT2D eigenvalue weighted by atomic mass is 16.7. The molecule has 5 amide bonds. The molecule has 366 valence electrons. The zero-order valence-corrected chi connectivity index (χ0v) is 41.1. The maximum absolute atomic E-state index is 14.6. The standard InChI is InChI=1S/C53H73BN6O8/c1-8-9-14-34-18-20-35(21-19-34)36-22-24-37(25-23-36)48(63)59-42(17-12-13-28-55)51(66)60(7)46-39-26-27-43(61)38(29-39)15-10-11-16-41(58-47(62)32(2)56-50(46)65)49(64)57-33(3)54-67-45-31-40-30-44(52(40,4)5)53(45,6)68-54/h18-27,29,32-33,40-42,44-46,61H,8-17,28,30-31,55H2,1-7H3,(H,56,65)(H,57,64)(H,58,62)(H,59,63)/t32-,33-,40-,41-,42-,44-,45+,46-,53-/m0/s1. The van der Waals surface area contributed by atoms with Gasteiger partial charge in [0, 0.05) is 12.6 Å². The van der Waals surface area contributed by atoms with E-state index in [0.717, 1.165) is 43.2 Å². The summed E-state index contributed by atoms with van der Waals surface area (Å²) in [4.78, 5) is 72.1. The number of nitrogens with zero attached hydrogens (tertiary/aromatic N) is 1. The highest BCUT2D eigenvalue weighted by Crippen LogP contribution is 2.65. The van der Waals surface area contributed by atoms with Crippen LogP contribution in [-0.2, 0) is 41.3 Å². The fraction of sp³-hybridized carbons (Fsp3) is 0.566. The van der Waals surface area contributed by atoms with Crippen LogP contribution in [0, 0.1) is 17.3 Å². The van der Waals surface area contributed by atoms with E-state index >= 15 is 0 Å². The third kappa shape index (κ3) is 10.9. The minimum atomic E-state index is -1.25. The molecule has 0 unspecified atom stereocenters. The van der Waals surface area contributed by atoms with Crippen molar-refractivity contribution in [1.82, 2.24) is 26.2 Å². The van der Waals surface area contributed by atoms with Crippen molar-refractivity contribution in [3.05, 3.63) is 89.0 Å². The predicted molar refractivity (Wildman–Crippen MR) is 263 cm³/mol. The molecular weight excluding hydrogens is 859 g/mol. The summed E-state index contributed by atoms with van der Waals surface area (Å²) in [6.07, 6.45) is 8.50.